The first-order valence-corrected chi connectivity index (χ1v) is 6.71. The highest BCUT2D eigenvalue weighted by Gasteiger charge is 2.52. The van der Waals surface area contributed by atoms with E-state index in [1.54, 1.807) is 0 Å². The van der Waals surface area contributed by atoms with Crippen LogP contribution in [0.25, 0.3) is 0 Å². The maximum atomic E-state index is 12.3. The highest BCUT2D eigenvalue weighted by atomic mass is 16.6. The molecule has 3 heteroatoms. The second kappa shape index (κ2) is 3.98. The molecule has 17 heavy (non-hydrogen) atoms. The first-order chi connectivity index (χ1) is 7.72. The Labute approximate surface area is 104 Å². The molecule has 0 amide bonds. The van der Waals surface area contributed by atoms with E-state index in [1.165, 1.54) is 12.8 Å². The Kier molecular flexibility index (Phi) is 3.01. The number of hydrogen-bond donors (Lipinski definition) is 1. The van der Waals surface area contributed by atoms with Crippen LogP contribution < -0.4 is 5.73 Å². The van der Waals surface area contributed by atoms with Crippen LogP contribution in [-0.2, 0) is 9.53 Å². The molecule has 3 nitrogen and oxygen atoms in total. The van der Waals surface area contributed by atoms with Crippen LogP contribution in [0.3, 0.4) is 0 Å². The van der Waals surface area contributed by atoms with Gasteiger partial charge in [-0.05, 0) is 65.2 Å². The quantitative estimate of drug-likeness (QED) is 0.753. The van der Waals surface area contributed by atoms with Gasteiger partial charge < -0.3 is 10.5 Å². The first kappa shape index (κ1) is 12.9. The highest BCUT2D eigenvalue weighted by Crippen LogP contribution is 2.51. The Bertz CT molecular complexity index is 317. The summed E-state index contributed by atoms with van der Waals surface area (Å²) in [6.07, 6.45) is 4.54. The average Bonchev–Trinajstić information content (AvgIpc) is 2.92. The van der Waals surface area contributed by atoms with E-state index in [9.17, 15) is 4.79 Å². The molecule has 0 heterocycles. The molecule has 3 atom stereocenters. The third kappa shape index (κ3) is 2.65. The SMILES string of the molecule is CC(C)(C)OC(=O)C1(C)CC(C2CC2)CC1N. The monoisotopic (exact) mass is 239 g/mol. The van der Waals surface area contributed by atoms with Gasteiger partial charge in [-0.1, -0.05) is 0 Å². The molecule has 98 valence electrons. The fraction of sp³-hybridized carbons (Fsp3) is 0.929. The smallest absolute Gasteiger partial charge is 0.313 e. The van der Waals surface area contributed by atoms with Crippen LogP contribution in [-0.4, -0.2) is 17.6 Å². The standard InChI is InChI=1S/C14H25NO2/c1-13(2,3)17-12(16)14(4)8-10(7-11(14)15)9-5-6-9/h9-11H,5-8,15H2,1-4H3. The summed E-state index contributed by atoms with van der Waals surface area (Å²) in [5, 5.41) is 0. The summed E-state index contributed by atoms with van der Waals surface area (Å²) in [7, 11) is 0. The van der Waals surface area contributed by atoms with Crippen LogP contribution in [0.2, 0.25) is 0 Å². The third-order valence-corrected chi connectivity index (χ3v) is 4.22. The molecule has 0 aromatic heterocycles. The molecule has 2 N–H and O–H groups in total. The second-order valence-corrected chi connectivity index (χ2v) is 7.06. The van der Waals surface area contributed by atoms with Crippen LogP contribution in [0.5, 0.6) is 0 Å². The van der Waals surface area contributed by atoms with Gasteiger partial charge in [0.15, 0.2) is 0 Å². The van der Waals surface area contributed by atoms with Crippen molar-refractivity contribution in [3.05, 3.63) is 0 Å². The maximum Gasteiger partial charge on any atom is 0.313 e. The average molecular weight is 239 g/mol. The minimum atomic E-state index is -0.472. The van der Waals surface area contributed by atoms with Gasteiger partial charge in [0.2, 0.25) is 0 Å². The zero-order chi connectivity index (χ0) is 12.8. The van der Waals surface area contributed by atoms with Crippen molar-refractivity contribution in [2.24, 2.45) is 23.0 Å². The van der Waals surface area contributed by atoms with E-state index in [2.05, 4.69) is 0 Å². The van der Waals surface area contributed by atoms with Gasteiger partial charge in [0.25, 0.3) is 0 Å². The Hall–Kier alpha value is -0.570. The molecule has 2 rings (SSSR count). The van der Waals surface area contributed by atoms with E-state index in [0.29, 0.717) is 5.92 Å². The summed E-state index contributed by atoms with van der Waals surface area (Å²) in [5.41, 5.74) is 5.30. The van der Waals surface area contributed by atoms with Crippen LogP contribution in [0, 0.1) is 17.3 Å². The predicted octanol–water partition coefficient (Wildman–Crippen LogP) is 2.48. The Morgan fingerprint density at radius 2 is 1.88 bits per heavy atom. The lowest BCUT2D eigenvalue weighted by Crippen LogP contribution is -2.44. The summed E-state index contributed by atoms with van der Waals surface area (Å²) in [5.74, 6) is 1.36. The lowest BCUT2D eigenvalue weighted by molar-refractivity contribution is -0.167. The molecule has 0 aliphatic heterocycles. The highest BCUT2D eigenvalue weighted by molar-refractivity contribution is 5.78. The second-order valence-electron chi connectivity index (χ2n) is 7.06. The molecule has 0 saturated heterocycles. The Morgan fingerprint density at radius 1 is 1.29 bits per heavy atom. The van der Waals surface area contributed by atoms with Crippen LogP contribution >= 0.6 is 0 Å². The molecule has 0 aromatic carbocycles. The van der Waals surface area contributed by atoms with E-state index in [1.807, 2.05) is 27.7 Å². The van der Waals surface area contributed by atoms with Crippen molar-refractivity contribution in [2.45, 2.75) is 65.0 Å². The zero-order valence-corrected chi connectivity index (χ0v) is 11.5. The summed E-state index contributed by atoms with van der Waals surface area (Å²) in [6.45, 7) is 7.71. The van der Waals surface area contributed by atoms with Gasteiger partial charge in [-0.15, -0.1) is 0 Å². The predicted molar refractivity (Wildman–Crippen MR) is 67.4 cm³/mol. The molecular formula is C14H25NO2. The van der Waals surface area contributed by atoms with Crippen molar-refractivity contribution in [2.75, 3.05) is 0 Å². The lowest BCUT2D eigenvalue weighted by atomic mass is 9.84. The molecule has 2 aliphatic rings. The molecule has 0 spiro atoms. The molecular weight excluding hydrogens is 214 g/mol. The van der Waals surface area contributed by atoms with Crippen molar-refractivity contribution in [1.29, 1.82) is 0 Å². The number of carbonyl (C=O) groups is 1. The van der Waals surface area contributed by atoms with Gasteiger partial charge in [0.1, 0.15) is 5.60 Å². The van der Waals surface area contributed by atoms with Crippen LogP contribution in [0.15, 0.2) is 0 Å². The van der Waals surface area contributed by atoms with E-state index in [-0.39, 0.29) is 12.0 Å². The maximum absolute atomic E-state index is 12.3. The van der Waals surface area contributed by atoms with Crippen molar-refractivity contribution in [3.8, 4) is 0 Å². The number of hydrogen-bond acceptors (Lipinski definition) is 3. The molecule has 2 saturated carbocycles. The molecule has 0 bridgehead atoms. The number of carbonyl (C=O) groups excluding carboxylic acids is 1. The van der Waals surface area contributed by atoms with Gasteiger partial charge in [0.05, 0.1) is 5.41 Å². The molecule has 0 aromatic rings. The molecule has 2 fully saturated rings. The molecule has 0 radical (unpaired) electrons. The third-order valence-electron chi connectivity index (χ3n) is 4.22. The van der Waals surface area contributed by atoms with Crippen molar-refractivity contribution < 1.29 is 9.53 Å². The summed E-state index contributed by atoms with van der Waals surface area (Å²) in [4.78, 5) is 12.3. The van der Waals surface area contributed by atoms with E-state index < -0.39 is 11.0 Å². The minimum Gasteiger partial charge on any atom is -0.460 e. The number of esters is 1. The van der Waals surface area contributed by atoms with Crippen LogP contribution in [0.4, 0.5) is 0 Å². The van der Waals surface area contributed by atoms with E-state index >= 15 is 0 Å². The molecule has 3 unspecified atom stereocenters. The first-order valence-electron chi connectivity index (χ1n) is 6.71. The van der Waals surface area contributed by atoms with Gasteiger partial charge in [-0.25, -0.2) is 0 Å². The lowest BCUT2D eigenvalue weighted by Gasteiger charge is -2.31. The summed E-state index contributed by atoms with van der Waals surface area (Å²) >= 11 is 0. The van der Waals surface area contributed by atoms with E-state index in [4.69, 9.17) is 10.5 Å². The van der Waals surface area contributed by atoms with E-state index in [0.717, 1.165) is 18.8 Å². The summed E-state index contributed by atoms with van der Waals surface area (Å²) < 4.78 is 5.52. The van der Waals surface area contributed by atoms with Gasteiger partial charge in [-0.3, -0.25) is 4.79 Å². The number of nitrogens with two attached hydrogens (primary N) is 1. The van der Waals surface area contributed by atoms with Crippen molar-refractivity contribution in [3.63, 3.8) is 0 Å². The molecule has 2 aliphatic carbocycles. The fourth-order valence-corrected chi connectivity index (χ4v) is 2.92. The fourth-order valence-electron chi connectivity index (χ4n) is 2.92. The van der Waals surface area contributed by atoms with Gasteiger partial charge in [0, 0.05) is 6.04 Å². The topological polar surface area (TPSA) is 52.3 Å². The Morgan fingerprint density at radius 3 is 2.35 bits per heavy atom. The van der Waals surface area contributed by atoms with Crippen molar-refractivity contribution in [1.82, 2.24) is 0 Å². The van der Waals surface area contributed by atoms with Gasteiger partial charge >= 0.3 is 5.97 Å². The van der Waals surface area contributed by atoms with Crippen molar-refractivity contribution >= 4 is 5.97 Å². The minimum absolute atomic E-state index is 0.0389. The number of rotatable bonds is 2. The zero-order valence-electron chi connectivity index (χ0n) is 11.5. The summed E-state index contributed by atoms with van der Waals surface area (Å²) in [6, 6.07) is -0.0389. The normalized spacial score (nSPS) is 38.2. The number of ether oxygens (including phenoxy) is 1. The van der Waals surface area contributed by atoms with Crippen LogP contribution in [0.1, 0.15) is 53.4 Å². The van der Waals surface area contributed by atoms with Gasteiger partial charge in [-0.2, -0.15) is 0 Å². The largest absolute Gasteiger partial charge is 0.460 e. The Balaban J connectivity index is 2.04.